The van der Waals surface area contributed by atoms with Crippen LogP contribution in [0.5, 0.6) is 0 Å². The minimum atomic E-state index is -3.54. The van der Waals surface area contributed by atoms with Gasteiger partial charge in [-0.3, -0.25) is 4.79 Å². The van der Waals surface area contributed by atoms with Gasteiger partial charge in [0.2, 0.25) is 10.0 Å². The maximum atomic E-state index is 12.5. The van der Waals surface area contributed by atoms with Crippen LogP contribution in [-0.4, -0.2) is 43.2 Å². The molecule has 0 radical (unpaired) electrons. The lowest BCUT2D eigenvalue weighted by molar-refractivity contribution is 0.0954. The van der Waals surface area contributed by atoms with E-state index in [1.165, 1.54) is 39.9 Å². The molecule has 6 nitrogen and oxygen atoms in total. The van der Waals surface area contributed by atoms with Crippen molar-refractivity contribution in [3.05, 3.63) is 45.4 Å². The molecule has 152 valence electrons. The molecule has 8 heteroatoms. The molecule has 1 amide bonds. The van der Waals surface area contributed by atoms with Gasteiger partial charge in [-0.15, -0.1) is 11.3 Å². The molecule has 0 spiro atoms. The number of nitrogens with one attached hydrogen (secondary N) is 1. The molecule has 28 heavy (non-hydrogen) atoms. The summed E-state index contributed by atoms with van der Waals surface area (Å²) in [6.45, 7) is 4.15. The number of carbonyl (C=O) groups excluding carboxylic acids is 1. The zero-order valence-corrected chi connectivity index (χ0v) is 18.2. The van der Waals surface area contributed by atoms with Crippen LogP contribution < -0.4 is 5.32 Å². The monoisotopic (exact) mass is 421 g/mol. The van der Waals surface area contributed by atoms with E-state index in [0.29, 0.717) is 12.1 Å². The molecule has 0 unspecified atom stereocenters. The molecule has 1 aliphatic rings. The Morgan fingerprint density at radius 1 is 1.21 bits per heavy atom. The number of sulfonamides is 1. The number of thiazole rings is 1. The lowest BCUT2D eigenvalue weighted by Crippen LogP contribution is -2.33. The second kappa shape index (κ2) is 8.71. The molecule has 1 aliphatic carbocycles. The highest BCUT2D eigenvalue weighted by atomic mass is 32.2. The van der Waals surface area contributed by atoms with Crippen LogP contribution in [0.2, 0.25) is 0 Å². The summed E-state index contributed by atoms with van der Waals surface area (Å²) in [5.74, 6) is -0.206. The Morgan fingerprint density at radius 2 is 1.89 bits per heavy atom. The van der Waals surface area contributed by atoms with Gasteiger partial charge in [0.1, 0.15) is 0 Å². The maximum Gasteiger partial charge on any atom is 0.251 e. The first-order valence-corrected chi connectivity index (χ1v) is 11.9. The second-order valence-electron chi connectivity index (χ2n) is 7.33. The molecule has 1 N–H and O–H groups in total. The second-order valence-corrected chi connectivity index (χ2v) is 10.5. The summed E-state index contributed by atoms with van der Waals surface area (Å²) in [7, 11) is -1.99. The number of hydrogen-bond donors (Lipinski definition) is 1. The van der Waals surface area contributed by atoms with Crippen molar-refractivity contribution >= 4 is 27.3 Å². The first-order valence-electron chi connectivity index (χ1n) is 9.63. The van der Waals surface area contributed by atoms with Crippen LogP contribution in [0, 0.1) is 0 Å². The van der Waals surface area contributed by atoms with Crippen molar-refractivity contribution in [3.8, 4) is 0 Å². The molecule has 0 atom stereocenters. The summed E-state index contributed by atoms with van der Waals surface area (Å²) in [4.78, 5) is 18.6. The molecular weight excluding hydrogens is 394 g/mol. The van der Waals surface area contributed by atoms with Gasteiger partial charge in [-0.1, -0.05) is 0 Å². The van der Waals surface area contributed by atoms with Crippen LogP contribution in [0.1, 0.15) is 52.6 Å². The third-order valence-electron chi connectivity index (χ3n) is 5.04. The number of hydrogen-bond acceptors (Lipinski definition) is 5. The van der Waals surface area contributed by atoms with Gasteiger partial charge in [0, 0.05) is 36.5 Å². The number of rotatable bonds is 7. The molecular formula is C20H27N3O3S2. The molecule has 0 fully saturated rings. The van der Waals surface area contributed by atoms with Crippen LogP contribution in [0.15, 0.2) is 29.2 Å². The van der Waals surface area contributed by atoms with Crippen LogP contribution in [0.25, 0.3) is 0 Å². The van der Waals surface area contributed by atoms with E-state index in [0.717, 1.165) is 24.3 Å². The van der Waals surface area contributed by atoms with Crippen LogP contribution in [-0.2, 0) is 29.3 Å². The van der Waals surface area contributed by atoms with E-state index in [1.54, 1.807) is 30.5 Å². The average molecular weight is 422 g/mol. The van der Waals surface area contributed by atoms with Crippen LogP contribution in [0.3, 0.4) is 0 Å². The third-order valence-corrected chi connectivity index (χ3v) is 8.30. The molecule has 2 aromatic rings. The summed E-state index contributed by atoms with van der Waals surface area (Å²) >= 11 is 1.76. The van der Waals surface area contributed by atoms with Gasteiger partial charge >= 0.3 is 0 Å². The predicted molar refractivity (Wildman–Crippen MR) is 111 cm³/mol. The Balaban J connectivity index is 1.57. The lowest BCUT2D eigenvalue weighted by Gasteiger charge is -2.21. The highest BCUT2D eigenvalue weighted by Crippen LogP contribution is 2.26. The standard InChI is InChI=1S/C20H27N3O3S2/c1-14(2)23(3)28(25,26)16-10-8-15(9-11-16)20(24)21-13-12-19-22-17-6-4-5-7-18(17)27-19/h8-11,14H,4-7,12-13H2,1-3H3,(H,21,24). The zero-order chi connectivity index (χ0) is 20.3. The Kier molecular flexibility index (Phi) is 6.52. The van der Waals surface area contributed by atoms with E-state index in [9.17, 15) is 13.2 Å². The maximum absolute atomic E-state index is 12.5. The first kappa shape index (κ1) is 21.0. The highest BCUT2D eigenvalue weighted by molar-refractivity contribution is 7.89. The number of aryl methyl sites for hydroxylation is 2. The average Bonchev–Trinajstić information content (AvgIpc) is 3.10. The van der Waals surface area contributed by atoms with E-state index < -0.39 is 10.0 Å². The van der Waals surface area contributed by atoms with Gasteiger partial charge in [-0.05, 0) is 63.8 Å². The van der Waals surface area contributed by atoms with Crippen molar-refractivity contribution in [2.24, 2.45) is 0 Å². The Bertz CT molecular complexity index is 911. The molecule has 1 aromatic heterocycles. The fourth-order valence-electron chi connectivity index (χ4n) is 3.12. The number of amides is 1. The Labute approximate surface area is 171 Å². The van der Waals surface area contributed by atoms with Crippen molar-refractivity contribution < 1.29 is 13.2 Å². The number of nitrogens with zero attached hydrogens (tertiary/aromatic N) is 2. The highest BCUT2D eigenvalue weighted by Gasteiger charge is 2.23. The number of aromatic nitrogens is 1. The molecule has 1 heterocycles. The van der Waals surface area contributed by atoms with Gasteiger partial charge in [0.15, 0.2) is 0 Å². The molecule has 0 saturated heterocycles. The molecule has 0 saturated carbocycles. The van der Waals surface area contributed by atoms with E-state index in [1.807, 2.05) is 13.8 Å². The number of carbonyl (C=O) groups is 1. The number of benzene rings is 1. The van der Waals surface area contributed by atoms with E-state index >= 15 is 0 Å². The molecule has 0 aliphatic heterocycles. The van der Waals surface area contributed by atoms with Crippen molar-refractivity contribution in [2.45, 2.75) is 56.9 Å². The van der Waals surface area contributed by atoms with E-state index in [2.05, 4.69) is 10.3 Å². The Morgan fingerprint density at radius 3 is 2.54 bits per heavy atom. The van der Waals surface area contributed by atoms with Crippen molar-refractivity contribution in [1.82, 2.24) is 14.6 Å². The topological polar surface area (TPSA) is 79.4 Å². The summed E-state index contributed by atoms with van der Waals surface area (Å²) in [6, 6.07) is 5.94. The summed E-state index contributed by atoms with van der Waals surface area (Å²) in [5.41, 5.74) is 1.69. The Hall–Kier alpha value is -1.77. The quantitative estimate of drug-likeness (QED) is 0.745. The zero-order valence-electron chi connectivity index (χ0n) is 16.6. The predicted octanol–water partition coefficient (Wildman–Crippen LogP) is 3.02. The van der Waals surface area contributed by atoms with Gasteiger partial charge in [0.25, 0.3) is 5.91 Å². The van der Waals surface area contributed by atoms with Gasteiger partial charge in [-0.2, -0.15) is 4.31 Å². The largest absolute Gasteiger partial charge is 0.352 e. The molecule has 1 aromatic carbocycles. The number of fused-ring (bicyclic) bond motifs is 1. The summed E-state index contributed by atoms with van der Waals surface area (Å²) in [5, 5.41) is 3.97. The fraction of sp³-hybridized carbons (Fsp3) is 0.500. The van der Waals surface area contributed by atoms with Crippen molar-refractivity contribution in [3.63, 3.8) is 0 Å². The normalized spacial score (nSPS) is 14.3. The fourth-order valence-corrected chi connectivity index (χ4v) is 5.64. The smallest absolute Gasteiger partial charge is 0.251 e. The third kappa shape index (κ3) is 4.61. The van der Waals surface area contributed by atoms with Gasteiger partial charge in [0.05, 0.1) is 15.6 Å². The minimum absolute atomic E-state index is 0.135. The lowest BCUT2D eigenvalue weighted by atomic mass is 10.0. The van der Waals surface area contributed by atoms with Crippen molar-refractivity contribution in [1.29, 1.82) is 0 Å². The van der Waals surface area contributed by atoms with Gasteiger partial charge in [-0.25, -0.2) is 13.4 Å². The summed E-state index contributed by atoms with van der Waals surface area (Å²) < 4.78 is 26.3. The molecule has 3 rings (SSSR count). The molecule has 0 bridgehead atoms. The summed E-state index contributed by atoms with van der Waals surface area (Å²) in [6.07, 6.45) is 5.37. The van der Waals surface area contributed by atoms with Crippen molar-refractivity contribution in [2.75, 3.05) is 13.6 Å². The van der Waals surface area contributed by atoms with Gasteiger partial charge < -0.3 is 5.32 Å². The minimum Gasteiger partial charge on any atom is -0.352 e. The van der Waals surface area contributed by atoms with E-state index in [-0.39, 0.29) is 16.8 Å². The first-order chi connectivity index (χ1) is 13.3. The van der Waals surface area contributed by atoms with E-state index in [4.69, 9.17) is 0 Å². The SMILES string of the molecule is CC(C)N(C)S(=O)(=O)c1ccc(C(=O)NCCc2nc3c(s2)CCCC3)cc1. The van der Waals surface area contributed by atoms with Crippen LogP contribution in [0.4, 0.5) is 0 Å². The van der Waals surface area contributed by atoms with Crippen LogP contribution >= 0.6 is 11.3 Å².